The van der Waals surface area contributed by atoms with Gasteiger partial charge in [-0.1, -0.05) is 0 Å². The van der Waals surface area contributed by atoms with Crippen molar-refractivity contribution in [3.63, 3.8) is 0 Å². The third-order valence-corrected chi connectivity index (χ3v) is 2.14. The van der Waals surface area contributed by atoms with Crippen LogP contribution >= 0.6 is 0 Å². The zero-order chi connectivity index (χ0) is 15.7. The van der Waals surface area contributed by atoms with Gasteiger partial charge in [-0.3, -0.25) is 9.80 Å². The van der Waals surface area contributed by atoms with E-state index < -0.39 is 50.1 Å². The van der Waals surface area contributed by atoms with E-state index in [-0.39, 0.29) is 466 Å². The van der Waals surface area contributed by atoms with E-state index in [1.165, 1.54) is 0 Å². The van der Waals surface area contributed by atoms with E-state index in [0.717, 1.165) is 9.80 Å². The fraction of sp³-hybridized carbons (Fsp3) is 0.600. The van der Waals surface area contributed by atoms with Crippen molar-refractivity contribution in [2.75, 3.05) is 39.3 Å². The van der Waals surface area contributed by atoms with E-state index in [2.05, 4.69) is 0 Å². The average molecular weight is 637 g/mol. The van der Waals surface area contributed by atoms with Crippen LogP contribution in [0.1, 0.15) is 11.4 Å². The zero-order valence-electron chi connectivity index (χ0n) is 30.4. The van der Waals surface area contributed by atoms with Gasteiger partial charge >= 0.3 is 442 Å². The number of carboxylic acids is 4. The molecule has 130 valence electrons. The third-order valence-electron chi connectivity index (χ3n) is 2.14. The van der Waals surface area contributed by atoms with E-state index in [0.29, 0.717) is 0 Å². The molecule has 0 unspecified atom stereocenters. The summed E-state index contributed by atoms with van der Waals surface area (Å²) in [5, 5.41) is 41.6. The molecular formula is C10H20K4N2Na8O8. The first-order valence-electron chi connectivity index (χ1n) is 5.44. The second-order valence-electron chi connectivity index (χ2n) is 3.91. The Morgan fingerprint density at radius 2 is 0.562 bits per heavy atom. The van der Waals surface area contributed by atoms with Crippen molar-refractivity contribution in [1.29, 1.82) is 0 Å². The average Bonchev–Trinajstić information content (AvgIpc) is 2.22. The summed E-state index contributed by atoms with van der Waals surface area (Å²) in [4.78, 5) is 43.4. The molecule has 0 aromatic heterocycles. The molecule has 22 heteroatoms. The van der Waals surface area contributed by atoms with Gasteiger partial charge in [-0.2, -0.15) is 0 Å². The molecule has 0 fully saturated rings. The molecule has 0 amide bonds. The Labute approximate surface area is 548 Å². The van der Waals surface area contributed by atoms with Gasteiger partial charge in [0.25, 0.3) is 0 Å². The summed E-state index contributed by atoms with van der Waals surface area (Å²) in [5.41, 5.74) is 0. The maximum absolute atomic E-state index is 10.4. The molecule has 0 aromatic carbocycles. The summed E-state index contributed by atoms with van der Waals surface area (Å²) in [5.74, 6) is -6.12. The van der Waals surface area contributed by atoms with Gasteiger partial charge in [-0.15, -0.1) is 0 Å². The molecule has 10 nitrogen and oxygen atoms in total. The molecular weight excluding hydrogens is 616 g/mol. The van der Waals surface area contributed by atoms with Gasteiger partial charge in [0.2, 0.25) is 0 Å². The molecule has 0 heterocycles. The van der Waals surface area contributed by atoms with Gasteiger partial charge in [-0.05, 0) is 0 Å². The Morgan fingerprint density at radius 3 is 0.656 bits per heavy atom. The quantitative estimate of drug-likeness (QED) is 0.199. The van der Waals surface area contributed by atoms with Crippen LogP contribution in [0.5, 0.6) is 0 Å². The van der Waals surface area contributed by atoms with Crippen molar-refractivity contribution in [3.05, 3.63) is 0 Å². The van der Waals surface area contributed by atoms with Crippen LogP contribution in [0, 0.1) is 0 Å². The van der Waals surface area contributed by atoms with Gasteiger partial charge in [0.1, 0.15) is 0 Å². The molecule has 0 atom stereocenters. The van der Waals surface area contributed by atoms with E-state index in [9.17, 15) is 39.6 Å². The molecule has 0 aliphatic heterocycles. The fourth-order valence-corrected chi connectivity index (χ4v) is 1.44. The van der Waals surface area contributed by atoms with E-state index in [1.807, 2.05) is 0 Å². The van der Waals surface area contributed by atoms with Crippen LogP contribution in [-0.2, 0) is 19.2 Å². The normalized spacial score (nSPS) is 6.69. The Kier molecular flexibility index (Phi) is 156. The second kappa shape index (κ2) is 58.8. The number of hydrogen-bond donors (Lipinski definition) is 0. The van der Waals surface area contributed by atoms with Crippen LogP contribution in [0.3, 0.4) is 0 Å². The Bertz CT molecular complexity index is 386. The standard InChI is InChI=1S/C10H16N2O8.4K.8Na.8H/c13-7(14)3-11(4-8(15)16)1-2-12(5-9(17)18)6-10(19)20;;;;;;;;;;;;;;;;;;;;/h1-6H2,(H,13,14)(H,15,16)(H,17,18)(H,19,20);;;;;;;;;;;;;;;;;;;;/q;12*+1;8*-1/p-4. The molecule has 0 saturated carbocycles. The SMILES string of the molecule is O=C([O-])CN(CCN(CC(=O)[O-])CC(=O)[O-])CC(=O)[O-].[H-].[H-].[H-].[H-].[H-].[H-].[H-].[H-].[K+].[K+].[K+].[K+].[Na+].[Na+].[Na+].[Na+].[Na+].[Na+].[Na+].[Na+]. The van der Waals surface area contributed by atoms with E-state index in [4.69, 9.17) is 0 Å². The maximum atomic E-state index is 10.4. The molecule has 0 spiro atoms. The van der Waals surface area contributed by atoms with Gasteiger partial charge in [0.05, 0.1) is 23.9 Å². The summed E-state index contributed by atoms with van der Waals surface area (Å²) in [6.07, 6.45) is 0. The van der Waals surface area contributed by atoms with Crippen LogP contribution < -0.4 is 462 Å². The second-order valence-corrected chi connectivity index (χ2v) is 3.91. The Morgan fingerprint density at radius 1 is 0.438 bits per heavy atom. The van der Waals surface area contributed by atoms with E-state index in [1.54, 1.807) is 0 Å². The third kappa shape index (κ3) is 65.1. The van der Waals surface area contributed by atoms with Crippen molar-refractivity contribution in [3.8, 4) is 0 Å². The van der Waals surface area contributed by atoms with Crippen LogP contribution in [-0.4, -0.2) is 72.9 Å². The van der Waals surface area contributed by atoms with Crippen LogP contribution in [0.2, 0.25) is 0 Å². The molecule has 32 heavy (non-hydrogen) atoms. The summed E-state index contributed by atoms with van der Waals surface area (Å²) >= 11 is 0. The molecule has 0 aromatic rings. The van der Waals surface area contributed by atoms with Gasteiger partial charge < -0.3 is 51.0 Å². The van der Waals surface area contributed by atoms with Crippen molar-refractivity contribution in [2.45, 2.75) is 0 Å². The monoisotopic (exact) mass is 636 g/mol. The Hall–Kier alpha value is 12.3. The first kappa shape index (κ1) is 84.8. The number of nitrogens with zero attached hydrogens (tertiary/aromatic N) is 2. The topological polar surface area (TPSA) is 167 Å². The first-order valence-corrected chi connectivity index (χ1v) is 5.44. The van der Waals surface area contributed by atoms with Gasteiger partial charge in [0, 0.05) is 39.3 Å². The fourth-order valence-electron chi connectivity index (χ4n) is 1.44. The number of carbonyl (C=O) groups excluding carboxylic acids is 4. The molecule has 0 bridgehead atoms. The van der Waals surface area contributed by atoms with Crippen LogP contribution in [0.25, 0.3) is 0 Å². The number of carbonyl (C=O) groups is 4. The minimum atomic E-state index is -1.53. The molecule has 0 aliphatic carbocycles. The number of carboxylic acid groups (broad SMARTS) is 4. The van der Waals surface area contributed by atoms with Crippen molar-refractivity contribution >= 4 is 23.9 Å². The zero-order valence-corrected chi connectivity index (χ0v) is 50.9. The molecule has 0 radical (unpaired) electrons. The minimum Gasteiger partial charge on any atom is -1.00 e. The van der Waals surface area contributed by atoms with Gasteiger partial charge in [0.15, 0.2) is 0 Å². The largest absolute Gasteiger partial charge is 1.00 e. The molecule has 0 saturated heterocycles. The Balaban J connectivity index is -0.00000000950. The molecule has 0 N–H and O–H groups in total. The summed E-state index contributed by atoms with van der Waals surface area (Å²) in [6, 6.07) is 0. The minimum absolute atomic E-state index is 0. The summed E-state index contributed by atoms with van der Waals surface area (Å²) in [7, 11) is 0. The smallest absolute Gasteiger partial charge is 1.00 e. The number of rotatable bonds is 11. The van der Waals surface area contributed by atoms with Crippen molar-refractivity contribution in [2.24, 2.45) is 0 Å². The number of hydrogen-bond acceptors (Lipinski definition) is 10. The summed E-state index contributed by atoms with van der Waals surface area (Å²) < 4.78 is 0. The maximum Gasteiger partial charge on any atom is 1.00 e. The number of aliphatic carboxylic acids is 4. The van der Waals surface area contributed by atoms with Crippen molar-refractivity contribution in [1.82, 2.24) is 9.80 Å². The van der Waals surface area contributed by atoms with Crippen LogP contribution in [0.4, 0.5) is 0 Å². The first-order chi connectivity index (χ1) is 9.20. The predicted molar refractivity (Wildman–Crippen MR) is 61.8 cm³/mol. The van der Waals surface area contributed by atoms with E-state index >= 15 is 0 Å². The van der Waals surface area contributed by atoms with Crippen LogP contribution in [0.15, 0.2) is 0 Å². The predicted octanol–water partition coefficient (Wildman–Crippen LogP) is -42.5. The van der Waals surface area contributed by atoms with Crippen molar-refractivity contribution < 1.29 is 493 Å². The summed E-state index contributed by atoms with van der Waals surface area (Å²) in [6.45, 7) is -3.25. The van der Waals surface area contributed by atoms with Gasteiger partial charge in [-0.25, -0.2) is 0 Å². The molecule has 0 aliphatic rings. The molecule has 0 rings (SSSR count).